The predicted molar refractivity (Wildman–Crippen MR) is 74.1 cm³/mol. The molecule has 3 unspecified atom stereocenters. The van der Waals surface area contributed by atoms with E-state index in [2.05, 4.69) is 28.9 Å². The third kappa shape index (κ3) is 2.87. The van der Waals surface area contributed by atoms with Crippen LogP contribution in [0.2, 0.25) is 0 Å². The quantitative estimate of drug-likeness (QED) is 0.891. The molecule has 2 saturated heterocycles. The van der Waals surface area contributed by atoms with Gasteiger partial charge < -0.3 is 15.0 Å². The predicted octanol–water partition coefficient (Wildman–Crippen LogP) is 1.13. The fourth-order valence-corrected chi connectivity index (χ4v) is 2.89. The molecule has 1 aromatic rings. The van der Waals surface area contributed by atoms with E-state index in [-0.39, 0.29) is 12.1 Å². The highest BCUT2D eigenvalue weighted by molar-refractivity contribution is 4.98. The van der Waals surface area contributed by atoms with Gasteiger partial charge in [-0.05, 0) is 25.3 Å². The zero-order valence-corrected chi connectivity index (χ0v) is 12.3. The minimum Gasteiger partial charge on any atom is -0.367 e. The molecule has 6 nitrogen and oxygen atoms in total. The van der Waals surface area contributed by atoms with Gasteiger partial charge in [0.2, 0.25) is 11.7 Å². The van der Waals surface area contributed by atoms with Crippen molar-refractivity contribution in [2.45, 2.75) is 51.3 Å². The molecular weight excluding hydrogens is 256 g/mol. The van der Waals surface area contributed by atoms with Crippen molar-refractivity contribution in [2.75, 3.05) is 19.7 Å². The summed E-state index contributed by atoms with van der Waals surface area (Å²) in [5, 5.41) is 4.07. The largest absolute Gasteiger partial charge is 0.367 e. The van der Waals surface area contributed by atoms with Crippen LogP contribution in [0.15, 0.2) is 4.52 Å². The maximum atomic E-state index is 6.04. The molecule has 0 saturated carbocycles. The molecule has 0 bridgehead atoms. The van der Waals surface area contributed by atoms with Crippen molar-refractivity contribution < 1.29 is 9.26 Å². The molecule has 3 rings (SSSR count). The summed E-state index contributed by atoms with van der Waals surface area (Å²) in [5.74, 6) is 1.69. The van der Waals surface area contributed by atoms with Crippen LogP contribution in [-0.2, 0) is 11.2 Å². The van der Waals surface area contributed by atoms with E-state index >= 15 is 0 Å². The zero-order valence-electron chi connectivity index (χ0n) is 12.3. The molecule has 0 amide bonds. The third-order valence-corrected chi connectivity index (χ3v) is 4.43. The lowest BCUT2D eigenvalue weighted by Gasteiger charge is -2.33. The van der Waals surface area contributed by atoms with Crippen LogP contribution < -0.4 is 5.73 Å². The van der Waals surface area contributed by atoms with E-state index in [9.17, 15) is 0 Å². The van der Waals surface area contributed by atoms with Crippen LogP contribution in [0.3, 0.4) is 0 Å². The topological polar surface area (TPSA) is 77.4 Å². The van der Waals surface area contributed by atoms with Gasteiger partial charge in [-0.15, -0.1) is 0 Å². The molecule has 1 aromatic heterocycles. The number of morpholine rings is 1. The SMILES string of the molecule is CC(C)C(N)Cc1nc(C2CN3CCCC3CO2)no1. The summed E-state index contributed by atoms with van der Waals surface area (Å²) < 4.78 is 11.2. The molecule has 2 aliphatic rings. The Morgan fingerprint density at radius 2 is 2.30 bits per heavy atom. The Kier molecular flexibility index (Phi) is 4.05. The summed E-state index contributed by atoms with van der Waals surface area (Å²) in [7, 11) is 0. The summed E-state index contributed by atoms with van der Waals surface area (Å²) in [4.78, 5) is 6.94. The van der Waals surface area contributed by atoms with Crippen molar-refractivity contribution in [1.29, 1.82) is 0 Å². The lowest BCUT2D eigenvalue weighted by molar-refractivity contribution is -0.0548. The Hall–Kier alpha value is -0.980. The van der Waals surface area contributed by atoms with Crippen LogP contribution in [0.4, 0.5) is 0 Å². The minimum absolute atomic E-state index is 0.0542. The van der Waals surface area contributed by atoms with Gasteiger partial charge in [0.05, 0.1) is 6.61 Å². The zero-order chi connectivity index (χ0) is 14.1. The number of hydrogen-bond acceptors (Lipinski definition) is 6. The van der Waals surface area contributed by atoms with Gasteiger partial charge in [0.15, 0.2) is 0 Å². The average molecular weight is 280 g/mol. The van der Waals surface area contributed by atoms with Crippen LogP contribution in [0.25, 0.3) is 0 Å². The molecule has 0 spiro atoms. The Morgan fingerprint density at radius 3 is 3.10 bits per heavy atom. The number of ether oxygens (including phenoxy) is 1. The van der Waals surface area contributed by atoms with Crippen LogP contribution in [0, 0.1) is 5.92 Å². The van der Waals surface area contributed by atoms with Gasteiger partial charge in [-0.25, -0.2) is 0 Å². The standard InChI is InChI=1S/C14H24N4O2/c1-9(2)11(15)6-13-16-14(17-20-13)12-7-18-5-3-4-10(18)8-19-12/h9-12H,3-8,15H2,1-2H3. The van der Waals surface area contributed by atoms with E-state index in [4.69, 9.17) is 15.0 Å². The molecule has 3 heterocycles. The van der Waals surface area contributed by atoms with Crippen LogP contribution in [0.5, 0.6) is 0 Å². The van der Waals surface area contributed by atoms with E-state index in [0.717, 1.165) is 19.7 Å². The third-order valence-electron chi connectivity index (χ3n) is 4.43. The van der Waals surface area contributed by atoms with Crippen LogP contribution in [-0.4, -0.2) is 46.8 Å². The van der Waals surface area contributed by atoms with Crippen molar-refractivity contribution in [3.63, 3.8) is 0 Å². The highest BCUT2D eigenvalue weighted by Crippen LogP contribution is 2.28. The first-order chi connectivity index (χ1) is 9.63. The lowest BCUT2D eigenvalue weighted by Crippen LogP contribution is -2.42. The molecule has 2 N–H and O–H groups in total. The second-order valence-electron chi connectivity index (χ2n) is 6.27. The molecule has 20 heavy (non-hydrogen) atoms. The maximum Gasteiger partial charge on any atom is 0.228 e. The van der Waals surface area contributed by atoms with Crippen LogP contribution >= 0.6 is 0 Å². The number of nitrogens with zero attached hydrogens (tertiary/aromatic N) is 3. The Labute approximate surface area is 119 Å². The first-order valence-corrected chi connectivity index (χ1v) is 7.57. The highest BCUT2D eigenvalue weighted by Gasteiger charge is 2.34. The summed E-state index contributed by atoms with van der Waals surface area (Å²) in [5.41, 5.74) is 6.04. The molecule has 2 fully saturated rings. The number of fused-ring (bicyclic) bond motifs is 1. The number of aromatic nitrogens is 2. The number of hydrogen-bond donors (Lipinski definition) is 1. The van der Waals surface area contributed by atoms with E-state index in [1.807, 2.05) is 0 Å². The van der Waals surface area contributed by atoms with E-state index < -0.39 is 0 Å². The molecule has 2 aliphatic heterocycles. The van der Waals surface area contributed by atoms with E-state index in [1.165, 1.54) is 12.8 Å². The van der Waals surface area contributed by atoms with E-state index in [1.54, 1.807) is 0 Å². The summed E-state index contributed by atoms with van der Waals surface area (Å²) in [6, 6.07) is 0.644. The fraction of sp³-hybridized carbons (Fsp3) is 0.857. The Bertz CT molecular complexity index is 448. The molecule has 112 valence electrons. The normalized spacial score (nSPS) is 28.8. The van der Waals surface area contributed by atoms with Crippen molar-refractivity contribution in [3.05, 3.63) is 11.7 Å². The maximum absolute atomic E-state index is 6.04. The monoisotopic (exact) mass is 280 g/mol. The number of nitrogens with two attached hydrogens (primary N) is 1. The van der Waals surface area contributed by atoms with Gasteiger partial charge in [-0.3, -0.25) is 4.90 Å². The average Bonchev–Trinajstić information content (AvgIpc) is 3.05. The summed E-state index contributed by atoms with van der Waals surface area (Å²) in [6.45, 7) is 7.01. The van der Waals surface area contributed by atoms with Gasteiger partial charge in [-0.2, -0.15) is 4.98 Å². The first-order valence-electron chi connectivity index (χ1n) is 7.57. The summed E-state index contributed by atoms with van der Waals surface area (Å²) >= 11 is 0. The highest BCUT2D eigenvalue weighted by atomic mass is 16.5. The van der Waals surface area contributed by atoms with Crippen molar-refractivity contribution in [1.82, 2.24) is 15.0 Å². The van der Waals surface area contributed by atoms with Gasteiger partial charge in [0.1, 0.15) is 6.10 Å². The second kappa shape index (κ2) is 5.79. The molecule has 3 atom stereocenters. The second-order valence-corrected chi connectivity index (χ2v) is 6.27. The van der Waals surface area contributed by atoms with Crippen molar-refractivity contribution in [2.24, 2.45) is 11.7 Å². The molecule has 0 radical (unpaired) electrons. The molecule has 0 aliphatic carbocycles. The lowest BCUT2D eigenvalue weighted by atomic mass is 10.0. The smallest absolute Gasteiger partial charge is 0.228 e. The Balaban J connectivity index is 1.62. The van der Waals surface area contributed by atoms with Crippen molar-refractivity contribution in [3.8, 4) is 0 Å². The minimum atomic E-state index is -0.0582. The summed E-state index contributed by atoms with van der Waals surface area (Å²) in [6.07, 6.45) is 3.08. The van der Waals surface area contributed by atoms with Gasteiger partial charge >= 0.3 is 0 Å². The van der Waals surface area contributed by atoms with Gasteiger partial charge in [0, 0.05) is 25.0 Å². The molecule has 0 aromatic carbocycles. The van der Waals surface area contributed by atoms with Crippen LogP contribution in [0.1, 0.15) is 44.5 Å². The Morgan fingerprint density at radius 1 is 1.45 bits per heavy atom. The van der Waals surface area contributed by atoms with Gasteiger partial charge in [-0.1, -0.05) is 19.0 Å². The molecular formula is C14H24N4O2. The molecule has 6 heteroatoms. The number of rotatable bonds is 4. The van der Waals surface area contributed by atoms with E-state index in [0.29, 0.717) is 30.1 Å². The first kappa shape index (κ1) is 14.0. The van der Waals surface area contributed by atoms with Crippen molar-refractivity contribution >= 4 is 0 Å². The van der Waals surface area contributed by atoms with Gasteiger partial charge in [0.25, 0.3) is 0 Å². The fourth-order valence-electron chi connectivity index (χ4n) is 2.89.